The van der Waals surface area contributed by atoms with Crippen molar-refractivity contribution < 1.29 is 23.9 Å². The van der Waals surface area contributed by atoms with Crippen molar-refractivity contribution in [1.82, 2.24) is 9.80 Å². The smallest absolute Gasteiger partial charge is 0.307 e. The lowest BCUT2D eigenvalue weighted by atomic mass is 10.3. The third kappa shape index (κ3) is 6.34. The zero-order valence-corrected chi connectivity index (χ0v) is 13.3. The molecule has 0 N–H and O–H groups in total. The summed E-state index contributed by atoms with van der Waals surface area (Å²) in [5, 5.41) is 0.0285. The van der Waals surface area contributed by atoms with Crippen LogP contribution in [0.15, 0.2) is 0 Å². The lowest BCUT2D eigenvalue weighted by molar-refractivity contribution is -0.142. The van der Waals surface area contributed by atoms with Crippen LogP contribution in [0.5, 0.6) is 0 Å². The highest BCUT2D eigenvalue weighted by Gasteiger charge is 2.23. The molecule has 0 aromatic carbocycles. The molecule has 1 rings (SSSR count). The zero-order valence-electron chi connectivity index (χ0n) is 12.5. The van der Waals surface area contributed by atoms with Crippen molar-refractivity contribution in [3.05, 3.63) is 0 Å². The van der Waals surface area contributed by atoms with Gasteiger partial charge in [-0.1, -0.05) is 11.8 Å². The van der Waals surface area contributed by atoms with Crippen molar-refractivity contribution in [2.75, 3.05) is 52.8 Å². The predicted octanol–water partition coefficient (Wildman–Crippen LogP) is 0.583. The van der Waals surface area contributed by atoms with Crippen LogP contribution in [0.2, 0.25) is 0 Å². The first kappa shape index (κ1) is 17.8. The summed E-state index contributed by atoms with van der Waals surface area (Å²) in [5.41, 5.74) is 0. The van der Waals surface area contributed by atoms with E-state index < -0.39 is 0 Å². The number of thioether (sulfide) groups is 1. The first-order valence-corrected chi connectivity index (χ1v) is 7.82. The van der Waals surface area contributed by atoms with Crippen LogP contribution in [0.4, 0.5) is 4.79 Å². The van der Waals surface area contributed by atoms with E-state index in [0.29, 0.717) is 32.8 Å². The maximum atomic E-state index is 12.2. The molecule has 1 aliphatic heterocycles. The zero-order chi connectivity index (χ0) is 15.7. The maximum Gasteiger partial charge on any atom is 0.307 e. The molecule has 0 atom stereocenters. The first-order chi connectivity index (χ1) is 10.1. The van der Waals surface area contributed by atoms with E-state index in [1.165, 1.54) is 18.9 Å². The largest absolute Gasteiger partial charge is 0.469 e. The minimum absolute atomic E-state index is 0.0285. The third-order valence-electron chi connectivity index (χ3n) is 3.17. The average molecular weight is 318 g/mol. The summed E-state index contributed by atoms with van der Waals surface area (Å²) >= 11 is 1.28. The predicted molar refractivity (Wildman–Crippen MR) is 79.1 cm³/mol. The Balaban J connectivity index is 2.41. The molecule has 0 saturated carbocycles. The van der Waals surface area contributed by atoms with E-state index in [0.717, 1.165) is 5.75 Å². The highest BCUT2D eigenvalue weighted by molar-refractivity contribution is 8.13. The summed E-state index contributed by atoms with van der Waals surface area (Å²) in [6.45, 7) is 2.25. The molecule has 1 saturated heterocycles. The highest BCUT2D eigenvalue weighted by atomic mass is 32.2. The molecule has 7 nitrogen and oxygen atoms in total. The van der Waals surface area contributed by atoms with Gasteiger partial charge < -0.3 is 19.3 Å². The van der Waals surface area contributed by atoms with Crippen molar-refractivity contribution in [3.63, 3.8) is 0 Å². The van der Waals surface area contributed by atoms with Crippen molar-refractivity contribution in [3.8, 4) is 0 Å². The van der Waals surface area contributed by atoms with Crippen molar-refractivity contribution in [1.29, 1.82) is 0 Å². The van der Waals surface area contributed by atoms with Gasteiger partial charge in [0.05, 0.1) is 20.1 Å². The SMILES string of the molecule is COCCN(CCC(=O)OC)C(=O)CCN1CCSC1=O. The Morgan fingerprint density at radius 1 is 1.29 bits per heavy atom. The Hall–Kier alpha value is -1.28. The van der Waals surface area contributed by atoms with Crippen molar-refractivity contribution in [2.24, 2.45) is 0 Å². The summed E-state index contributed by atoms with van der Waals surface area (Å²) < 4.78 is 9.55. The second kappa shape index (κ2) is 9.62. The molecule has 0 radical (unpaired) electrons. The van der Waals surface area contributed by atoms with Gasteiger partial charge in [-0.2, -0.15) is 0 Å². The summed E-state index contributed by atoms with van der Waals surface area (Å²) in [4.78, 5) is 38.1. The molecule has 0 spiro atoms. The molecule has 0 aliphatic carbocycles. The fraction of sp³-hybridized carbons (Fsp3) is 0.769. The van der Waals surface area contributed by atoms with Crippen LogP contribution in [0.1, 0.15) is 12.8 Å². The average Bonchev–Trinajstić information content (AvgIpc) is 2.89. The molecule has 0 aromatic rings. The van der Waals surface area contributed by atoms with Gasteiger partial charge in [-0.3, -0.25) is 14.4 Å². The lowest BCUT2D eigenvalue weighted by Gasteiger charge is -2.23. The monoisotopic (exact) mass is 318 g/mol. The van der Waals surface area contributed by atoms with Gasteiger partial charge in [0.2, 0.25) is 5.91 Å². The number of rotatable bonds is 9. The molecule has 1 aliphatic rings. The molecule has 0 aromatic heterocycles. The van der Waals surface area contributed by atoms with Gasteiger partial charge in [-0.15, -0.1) is 0 Å². The Bertz CT molecular complexity index is 378. The van der Waals surface area contributed by atoms with Crippen LogP contribution in [0, 0.1) is 0 Å². The van der Waals surface area contributed by atoms with Crippen molar-refractivity contribution in [2.45, 2.75) is 12.8 Å². The number of hydrogen-bond acceptors (Lipinski definition) is 6. The third-order valence-corrected chi connectivity index (χ3v) is 4.06. The second-order valence-corrected chi connectivity index (χ2v) is 5.60. The fourth-order valence-electron chi connectivity index (χ4n) is 1.91. The van der Waals surface area contributed by atoms with Crippen LogP contribution >= 0.6 is 11.8 Å². The quantitative estimate of drug-likeness (QED) is 0.579. The van der Waals surface area contributed by atoms with Gasteiger partial charge in [0.25, 0.3) is 5.24 Å². The van der Waals surface area contributed by atoms with Crippen LogP contribution in [-0.4, -0.2) is 79.7 Å². The van der Waals surface area contributed by atoms with Crippen LogP contribution in [0.3, 0.4) is 0 Å². The molecular weight excluding hydrogens is 296 g/mol. The summed E-state index contributed by atoms with van der Waals surface area (Å²) in [6.07, 6.45) is 0.418. The number of esters is 1. The molecule has 1 heterocycles. The Labute approximate surface area is 128 Å². The summed E-state index contributed by atoms with van der Waals surface area (Å²) in [7, 11) is 2.88. The standard InChI is InChI=1S/C13H22N2O5S/c1-19-9-7-14(6-4-12(17)20-2)11(16)3-5-15-8-10-21-13(15)18/h3-10H2,1-2H3. The molecular formula is C13H22N2O5S. The van der Waals surface area contributed by atoms with E-state index in [9.17, 15) is 14.4 Å². The first-order valence-electron chi connectivity index (χ1n) is 6.83. The van der Waals surface area contributed by atoms with Gasteiger partial charge >= 0.3 is 5.97 Å². The van der Waals surface area contributed by atoms with Gasteiger partial charge in [0, 0.05) is 45.5 Å². The van der Waals surface area contributed by atoms with Crippen LogP contribution in [-0.2, 0) is 19.1 Å². The van der Waals surface area contributed by atoms with Crippen LogP contribution in [0.25, 0.3) is 0 Å². The molecule has 21 heavy (non-hydrogen) atoms. The second-order valence-electron chi connectivity index (χ2n) is 4.55. The number of hydrogen-bond donors (Lipinski definition) is 0. The number of methoxy groups -OCH3 is 2. The minimum atomic E-state index is -0.351. The molecule has 120 valence electrons. The minimum Gasteiger partial charge on any atom is -0.469 e. The number of nitrogens with zero attached hydrogens (tertiary/aromatic N) is 2. The molecule has 0 bridgehead atoms. The van der Waals surface area contributed by atoms with E-state index in [4.69, 9.17) is 4.74 Å². The molecule has 2 amide bonds. The van der Waals surface area contributed by atoms with E-state index in [1.54, 1.807) is 16.9 Å². The van der Waals surface area contributed by atoms with Crippen molar-refractivity contribution >= 4 is 28.9 Å². The van der Waals surface area contributed by atoms with E-state index >= 15 is 0 Å². The van der Waals surface area contributed by atoms with E-state index in [1.807, 2.05) is 0 Å². The summed E-state index contributed by atoms with van der Waals surface area (Å²) in [5.74, 6) is 0.347. The molecule has 1 fully saturated rings. The lowest BCUT2D eigenvalue weighted by Crippen LogP contribution is -2.38. The van der Waals surface area contributed by atoms with Crippen LogP contribution < -0.4 is 0 Å². The Morgan fingerprint density at radius 3 is 2.62 bits per heavy atom. The number of carbonyl (C=O) groups is 3. The molecule has 0 unspecified atom stereocenters. The topological polar surface area (TPSA) is 76.2 Å². The van der Waals surface area contributed by atoms with E-state index in [2.05, 4.69) is 4.74 Å². The number of carbonyl (C=O) groups excluding carboxylic acids is 3. The number of amides is 2. The Kier molecular flexibility index (Phi) is 8.14. The van der Waals surface area contributed by atoms with Gasteiger partial charge in [-0.05, 0) is 0 Å². The highest BCUT2D eigenvalue weighted by Crippen LogP contribution is 2.17. The Morgan fingerprint density at radius 2 is 2.05 bits per heavy atom. The summed E-state index contributed by atoms with van der Waals surface area (Å²) in [6, 6.07) is 0. The van der Waals surface area contributed by atoms with Gasteiger partial charge in [0.15, 0.2) is 0 Å². The molecule has 8 heteroatoms. The number of ether oxygens (including phenoxy) is 2. The van der Waals surface area contributed by atoms with Gasteiger partial charge in [0.1, 0.15) is 0 Å². The fourth-order valence-corrected chi connectivity index (χ4v) is 2.76. The maximum absolute atomic E-state index is 12.2. The van der Waals surface area contributed by atoms with Gasteiger partial charge in [-0.25, -0.2) is 0 Å². The normalized spacial score (nSPS) is 14.4. The van der Waals surface area contributed by atoms with E-state index in [-0.39, 0.29) is 30.0 Å².